The molecule has 6 heteroatoms. The van der Waals surface area contributed by atoms with Crippen LogP contribution in [-0.4, -0.2) is 51.8 Å². The second-order valence-electron chi connectivity index (χ2n) is 6.16. The molecule has 1 unspecified atom stereocenters. The van der Waals surface area contributed by atoms with Gasteiger partial charge in [-0.2, -0.15) is 0 Å². The maximum absolute atomic E-state index is 12.7. The van der Waals surface area contributed by atoms with Crippen molar-refractivity contribution in [3.8, 4) is 0 Å². The number of amides is 2. The number of piperazine rings is 1. The quantitative estimate of drug-likeness (QED) is 0.883. The van der Waals surface area contributed by atoms with Crippen molar-refractivity contribution in [1.82, 2.24) is 9.80 Å². The lowest BCUT2D eigenvalue weighted by atomic mass is 10.1. The number of benzene rings is 1. The molecule has 1 aliphatic heterocycles. The number of hydrogen-bond donors (Lipinski definition) is 1. The third-order valence-corrected chi connectivity index (χ3v) is 4.38. The van der Waals surface area contributed by atoms with E-state index in [1.54, 1.807) is 4.90 Å². The second kappa shape index (κ2) is 6.40. The Morgan fingerprint density at radius 2 is 1.83 bits per heavy atom. The molecule has 1 aromatic carbocycles. The standard InChI is InChI=1S/C17H20N2O4/c20-15(21)10-14-17(23)18(11-12-4-2-1-3-5-12)8-9-19(14)16(22)13-6-7-13/h1-5,13-14H,6-11H2,(H,20,21). The molecule has 2 amide bonds. The van der Waals surface area contributed by atoms with Crippen molar-refractivity contribution in [2.45, 2.75) is 31.8 Å². The number of nitrogens with zero attached hydrogens (tertiary/aromatic N) is 2. The highest BCUT2D eigenvalue weighted by atomic mass is 16.4. The van der Waals surface area contributed by atoms with Crippen LogP contribution in [0.3, 0.4) is 0 Å². The van der Waals surface area contributed by atoms with Crippen LogP contribution in [0.15, 0.2) is 30.3 Å². The molecule has 1 heterocycles. The number of hydrogen-bond acceptors (Lipinski definition) is 3. The highest BCUT2D eigenvalue weighted by Crippen LogP contribution is 2.33. The summed E-state index contributed by atoms with van der Waals surface area (Å²) in [5, 5.41) is 9.10. The van der Waals surface area contributed by atoms with Crippen molar-refractivity contribution in [3.63, 3.8) is 0 Å². The van der Waals surface area contributed by atoms with Gasteiger partial charge in [0, 0.05) is 25.6 Å². The molecule has 0 spiro atoms. The van der Waals surface area contributed by atoms with E-state index in [1.165, 1.54) is 4.90 Å². The van der Waals surface area contributed by atoms with Gasteiger partial charge >= 0.3 is 5.97 Å². The van der Waals surface area contributed by atoms with Gasteiger partial charge in [0.05, 0.1) is 6.42 Å². The molecular weight excluding hydrogens is 296 g/mol. The van der Waals surface area contributed by atoms with E-state index in [0.29, 0.717) is 19.6 Å². The van der Waals surface area contributed by atoms with Gasteiger partial charge in [-0.1, -0.05) is 30.3 Å². The molecule has 0 bridgehead atoms. The molecule has 1 N–H and O–H groups in total. The fraction of sp³-hybridized carbons (Fsp3) is 0.471. The largest absolute Gasteiger partial charge is 0.481 e. The maximum atomic E-state index is 12.7. The van der Waals surface area contributed by atoms with Crippen LogP contribution >= 0.6 is 0 Å². The average molecular weight is 316 g/mol. The first-order valence-corrected chi connectivity index (χ1v) is 7.91. The average Bonchev–Trinajstić information content (AvgIpc) is 3.36. The number of aliphatic carboxylic acids is 1. The Morgan fingerprint density at radius 3 is 2.43 bits per heavy atom. The molecule has 2 fully saturated rings. The zero-order valence-corrected chi connectivity index (χ0v) is 12.9. The van der Waals surface area contributed by atoms with Gasteiger partial charge in [-0.25, -0.2) is 0 Å². The lowest BCUT2D eigenvalue weighted by Gasteiger charge is -2.40. The highest BCUT2D eigenvalue weighted by molar-refractivity contribution is 5.93. The third-order valence-electron chi connectivity index (χ3n) is 4.38. The van der Waals surface area contributed by atoms with Crippen molar-refractivity contribution < 1.29 is 19.5 Å². The first-order valence-electron chi connectivity index (χ1n) is 7.91. The van der Waals surface area contributed by atoms with E-state index in [0.717, 1.165) is 18.4 Å². The summed E-state index contributed by atoms with van der Waals surface area (Å²) in [6.45, 7) is 1.30. The molecule has 6 nitrogen and oxygen atoms in total. The highest BCUT2D eigenvalue weighted by Gasteiger charge is 2.43. The van der Waals surface area contributed by atoms with Gasteiger partial charge in [0.2, 0.25) is 11.8 Å². The van der Waals surface area contributed by atoms with Crippen LogP contribution in [0.1, 0.15) is 24.8 Å². The first kappa shape index (κ1) is 15.5. The normalized spacial score (nSPS) is 21.4. The van der Waals surface area contributed by atoms with Crippen LogP contribution in [0.5, 0.6) is 0 Å². The Bertz CT molecular complexity index is 612. The minimum Gasteiger partial charge on any atom is -0.481 e. The number of rotatable bonds is 5. The van der Waals surface area contributed by atoms with Gasteiger partial charge in [-0.05, 0) is 18.4 Å². The zero-order valence-electron chi connectivity index (χ0n) is 12.9. The molecule has 0 aromatic heterocycles. The van der Waals surface area contributed by atoms with E-state index in [2.05, 4.69) is 0 Å². The Morgan fingerprint density at radius 1 is 1.13 bits per heavy atom. The minimum atomic E-state index is -1.06. The summed E-state index contributed by atoms with van der Waals surface area (Å²) in [6.07, 6.45) is 1.36. The summed E-state index contributed by atoms with van der Waals surface area (Å²) in [5.41, 5.74) is 0.997. The smallest absolute Gasteiger partial charge is 0.305 e. The molecule has 0 radical (unpaired) electrons. The fourth-order valence-electron chi connectivity index (χ4n) is 2.99. The van der Waals surface area contributed by atoms with Crippen LogP contribution in [0.4, 0.5) is 0 Å². The van der Waals surface area contributed by atoms with Crippen molar-refractivity contribution in [3.05, 3.63) is 35.9 Å². The summed E-state index contributed by atoms with van der Waals surface area (Å²) in [5.74, 6) is -1.40. The molecule has 1 saturated heterocycles. The van der Waals surface area contributed by atoms with Gasteiger partial charge in [0.15, 0.2) is 0 Å². The minimum absolute atomic E-state index is 0.0141. The molecule has 1 aromatic rings. The summed E-state index contributed by atoms with van der Waals surface area (Å²) in [6, 6.07) is 8.70. The Hall–Kier alpha value is -2.37. The van der Waals surface area contributed by atoms with Gasteiger partial charge in [0.25, 0.3) is 0 Å². The molecule has 1 saturated carbocycles. The molecule has 23 heavy (non-hydrogen) atoms. The first-order chi connectivity index (χ1) is 11.1. The fourth-order valence-corrected chi connectivity index (χ4v) is 2.99. The van der Waals surface area contributed by atoms with Gasteiger partial charge < -0.3 is 14.9 Å². The summed E-state index contributed by atoms with van der Waals surface area (Å²) in [7, 11) is 0. The summed E-state index contributed by atoms with van der Waals surface area (Å²) in [4.78, 5) is 39.3. The van der Waals surface area contributed by atoms with Crippen molar-refractivity contribution in [2.75, 3.05) is 13.1 Å². The van der Waals surface area contributed by atoms with Crippen LogP contribution in [0.25, 0.3) is 0 Å². The summed E-state index contributed by atoms with van der Waals surface area (Å²) >= 11 is 0. The maximum Gasteiger partial charge on any atom is 0.305 e. The lowest BCUT2D eigenvalue weighted by molar-refractivity contribution is -0.156. The van der Waals surface area contributed by atoms with E-state index < -0.39 is 12.0 Å². The van der Waals surface area contributed by atoms with E-state index >= 15 is 0 Å². The van der Waals surface area contributed by atoms with Crippen molar-refractivity contribution in [1.29, 1.82) is 0 Å². The molecule has 1 atom stereocenters. The predicted octanol–water partition coefficient (Wildman–Crippen LogP) is 1.11. The molecule has 2 aliphatic rings. The van der Waals surface area contributed by atoms with Crippen LogP contribution in [-0.2, 0) is 20.9 Å². The van der Waals surface area contributed by atoms with Gasteiger partial charge in [-0.3, -0.25) is 14.4 Å². The Labute approximate surface area is 134 Å². The predicted molar refractivity (Wildman–Crippen MR) is 82.3 cm³/mol. The van der Waals surface area contributed by atoms with Crippen LogP contribution in [0, 0.1) is 5.92 Å². The van der Waals surface area contributed by atoms with E-state index in [9.17, 15) is 14.4 Å². The van der Waals surface area contributed by atoms with E-state index in [1.807, 2.05) is 30.3 Å². The molecular formula is C17H20N2O4. The lowest BCUT2D eigenvalue weighted by Crippen LogP contribution is -2.59. The van der Waals surface area contributed by atoms with E-state index in [-0.39, 0.29) is 24.2 Å². The van der Waals surface area contributed by atoms with E-state index in [4.69, 9.17) is 5.11 Å². The van der Waals surface area contributed by atoms with Gasteiger partial charge in [-0.15, -0.1) is 0 Å². The van der Waals surface area contributed by atoms with Crippen LogP contribution in [0.2, 0.25) is 0 Å². The zero-order chi connectivity index (χ0) is 16.4. The second-order valence-corrected chi connectivity index (χ2v) is 6.16. The number of carboxylic acid groups (broad SMARTS) is 1. The Kier molecular flexibility index (Phi) is 4.32. The SMILES string of the molecule is O=C(O)CC1C(=O)N(Cc2ccccc2)CCN1C(=O)C1CC1. The molecule has 122 valence electrons. The monoisotopic (exact) mass is 316 g/mol. The number of carboxylic acids is 1. The van der Waals surface area contributed by atoms with Crippen molar-refractivity contribution >= 4 is 17.8 Å². The number of carbonyl (C=O) groups excluding carboxylic acids is 2. The topological polar surface area (TPSA) is 77.9 Å². The third kappa shape index (κ3) is 3.52. The van der Waals surface area contributed by atoms with Crippen LogP contribution < -0.4 is 0 Å². The summed E-state index contributed by atoms with van der Waals surface area (Å²) < 4.78 is 0. The molecule has 3 rings (SSSR count). The van der Waals surface area contributed by atoms with Crippen molar-refractivity contribution in [2.24, 2.45) is 5.92 Å². The Balaban J connectivity index is 1.74. The van der Waals surface area contributed by atoms with Gasteiger partial charge in [0.1, 0.15) is 6.04 Å². The number of carbonyl (C=O) groups is 3. The molecule has 1 aliphatic carbocycles.